The van der Waals surface area contributed by atoms with Crippen LogP contribution in [0.15, 0.2) is 16.7 Å². The average molecular weight is 332 g/mol. The van der Waals surface area contributed by atoms with E-state index >= 15 is 0 Å². The summed E-state index contributed by atoms with van der Waals surface area (Å²) in [5, 5.41) is 18.6. The van der Waals surface area contributed by atoms with Crippen LogP contribution >= 0.6 is 0 Å². The van der Waals surface area contributed by atoms with Crippen LogP contribution in [0.2, 0.25) is 0 Å². The topological polar surface area (TPSA) is 84.4 Å². The third-order valence-corrected chi connectivity index (χ3v) is 4.54. The largest absolute Gasteiger partial charge is 0.391 e. The van der Waals surface area contributed by atoms with Crippen molar-refractivity contribution in [3.63, 3.8) is 0 Å². The standard InChI is InChI=1S/C17H24N4O3/c1-10(2)14-7-15(20(4)18-14)17(23)21-8-12(16(22)9-21)6-13-5-11(3)19-24-13/h5,7,10,12,16,22H,6,8-9H2,1-4H3/t12-,16+/m1/s1. The fraction of sp³-hybridized carbons (Fsp3) is 0.588. The molecule has 0 unspecified atom stereocenters. The summed E-state index contributed by atoms with van der Waals surface area (Å²) in [5.41, 5.74) is 2.28. The van der Waals surface area contributed by atoms with Gasteiger partial charge in [-0.25, -0.2) is 0 Å². The van der Waals surface area contributed by atoms with Crippen molar-refractivity contribution in [3.8, 4) is 0 Å². The second-order valence-corrected chi connectivity index (χ2v) is 6.91. The highest BCUT2D eigenvalue weighted by molar-refractivity contribution is 5.93. The molecule has 0 aromatic carbocycles. The van der Waals surface area contributed by atoms with E-state index in [1.807, 2.05) is 32.9 Å². The molecule has 3 heterocycles. The number of nitrogens with zero attached hydrogens (tertiary/aromatic N) is 4. The van der Waals surface area contributed by atoms with Crippen LogP contribution in [0, 0.1) is 12.8 Å². The number of hydrogen-bond donors (Lipinski definition) is 1. The monoisotopic (exact) mass is 332 g/mol. The Bertz CT molecular complexity index is 734. The van der Waals surface area contributed by atoms with E-state index in [0.717, 1.165) is 17.1 Å². The van der Waals surface area contributed by atoms with Gasteiger partial charge in [-0.1, -0.05) is 19.0 Å². The molecular formula is C17H24N4O3. The van der Waals surface area contributed by atoms with Gasteiger partial charge in [0, 0.05) is 38.5 Å². The fourth-order valence-corrected chi connectivity index (χ4v) is 3.13. The van der Waals surface area contributed by atoms with E-state index in [0.29, 0.717) is 25.2 Å². The highest BCUT2D eigenvalue weighted by Crippen LogP contribution is 2.24. The smallest absolute Gasteiger partial charge is 0.272 e. The Labute approximate surface area is 141 Å². The summed E-state index contributed by atoms with van der Waals surface area (Å²) in [5.74, 6) is 0.879. The van der Waals surface area contributed by atoms with Crippen molar-refractivity contribution >= 4 is 5.91 Å². The minimum atomic E-state index is -0.558. The van der Waals surface area contributed by atoms with Crippen molar-refractivity contribution in [2.24, 2.45) is 13.0 Å². The quantitative estimate of drug-likeness (QED) is 0.917. The van der Waals surface area contributed by atoms with Crippen LogP contribution in [-0.2, 0) is 13.5 Å². The van der Waals surface area contributed by atoms with E-state index in [2.05, 4.69) is 10.3 Å². The number of aliphatic hydroxyl groups is 1. The molecule has 1 fully saturated rings. The number of hydrogen-bond acceptors (Lipinski definition) is 5. The molecule has 0 radical (unpaired) electrons. The van der Waals surface area contributed by atoms with E-state index in [-0.39, 0.29) is 17.7 Å². The van der Waals surface area contributed by atoms with Crippen LogP contribution < -0.4 is 0 Å². The van der Waals surface area contributed by atoms with Gasteiger partial charge in [-0.2, -0.15) is 5.10 Å². The first-order valence-corrected chi connectivity index (χ1v) is 8.28. The maximum atomic E-state index is 12.8. The zero-order chi connectivity index (χ0) is 17.4. The van der Waals surface area contributed by atoms with E-state index in [9.17, 15) is 9.90 Å². The minimum absolute atomic E-state index is 0.0425. The first-order valence-electron chi connectivity index (χ1n) is 8.28. The Morgan fingerprint density at radius 3 is 2.75 bits per heavy atom. The molecule has 7 nitrogen and oxygen atoms in total. The van der Waals surface area contributed by atoms with Gasteiger partial charge in [0.05, 0.1) is 17.5 Å². The summed E-state index contributed by atoms with van der Waals surface area (Å²) in [6.07, 6.45) is 0.0196. The van der Waals surface area contributed by atoms with E-state index in [1.165, 1.54) is 0 Å². The predicted molar refractivity (Wildman–Crippen MR) is 87.6 cm³/mol. The molecule has 0 bridgehead atoms. The summed E-state index contributed by atoms with van der Waals surface area (Å²) in [6, 6.07) is 3.71. The molecule has 7 heteroatoms. The van der Waals surface area contributed by atoms with Gasteiger partial charge in [0.15, 0.2) is 0 Å². The molecule has 1 saturated heterocycles. The Morgan fingerprint density at radius 1 is 1.42 bits per heavy atom. The van der Waals surface area contributed by atoms with Gasteiger partial charge >= 0.3 is 0 Å². The number of β-amino-alcohol motifs (C(OH)–C–C–N with tert-alkyl or cyclic N) is 1. The van der Waals surface area contributed by atoms with Crippen LogP contribution in [0.4, 0.5) is 0 Å². The first-order chi connectivity index (χ1) is 11.3. The van der Waals surface area contributed by atoms with Gasteiger partial charge in [0.2, 0.25) is 0 Å². The van der Waals surface area contributed by atoms with Crippen molar-refractivity contribution in [1.29, 1.82) is 0 Å². The van der Waals surface area contributed by atoms with Gasteiger partial charge in [-0.3, -0.25) is 9.48 Å². The Kier molecular flexibility index (Phi) is 4.45. The molecule has 1 N–H and O–H groups in total. The van der Waals surface area contributed by atoms with Crippen LogP contribution in [0.1, 0.15) is 47.4 Å². The Balaban J connectivity index is 1.70. The third-order valence-electron chi connectivity index (χ3n) is 4.54. The van der Waals surface area contributed by atoms with Crippen molar-refractivity contribution in [3.05, 3.63) is 35.0 Å². The molecule has 1 aliphatic rings. The van der Waals surface area contributed by atoms with Crippen molar-refractivity contribution < 1.29 is 14.4 Å². The van der Waals surface area contributed by atoms with E-state index in [1.54, 1.807) is 16.6 Å². The second kappa shape index (κ2) is 6.39. The molecule has 0 saturated carbocycles. The summed E-state index contributed by atoms with van der Waals surface area (Å²) >= 11 is 0. The van der Waals surface area contributed by atoms with Gasteiger partial charge in [0.1, 0.15) is 11.5 Å². The van der Waals surface area contributed by atoms with Crippen LogP contribution in [0.25, 0.3) is 0 Å². The molecule has 130 valence electrons. The molecule has 0 aliphatic carbocycles. The number of aliphatic hydroxyl groups excluding tert-OH is 1. The molecule has 2 aromatic rings. The zero-order valence-corrected chi connectivity index (χ0v) is 14.6. The van der Waals surface area contributed by atoms with Crippen LogP contribution in [-0.4, -0.2) is 50.0 Å². The van der Waals surface area contributed by atoms with Gasteiger partial charge in [0.25, 0.3) is 5.91 Å². The summed E-state index contributed by atoms with van der Waals surface area (Å²) in [6.45, 7) is 6.79. The van der Waals surface area contributed by atoms with Crippen molar-refractivity contribution in [1.82, 2.24) is 19.8 Å². The number of rotatable bonds is 4. The van der Waals surface area contributed by atoms with Crippen molar-refractivity contribution in [2.75, 3.05) is 13.1 Å². The number of carbonyl (C=O) groups is 1. The molecular weight excluding hydrogens is 308 g/mol. The Morgan fingerprint density at radius 2 is 2.17 bits per heavy atom. The fourth-order valence-electron chi connectivity index (χ4n) is 3.13. The normalized spacial score (nSPS) is 21.0. The molecule has 1 amide bonds. The zero-order valence-electron chi connectivity index (χ0n) is 14.6. The SMILES string of the molecule is Cc1cc(C[C@@H]2CN(C(=O)c3cc(C(C)C)nn3C)C[C@@H]2O)on1. The maximum absolute atomic E-state index is 12.8. The lowest BCUT2D eigenvalue weighted by Crippen LogP contribution is -2.31. The molecule has 1 aliphatic heterocycles. The number of carbonyl (C=O) groups excluding carboxylic acids is 1. The number of likely N-dealkylation sites (tertiary alicyclic amines) is 1. The second-order valence-electron chi connectivity index (χ2n) is 6.91. The average Bonchev–Trinajstić information content (AvgIpc) is 3.19. The first kappa shape index (κ1) is 16.7. The van der Waals surface area contributed by atoms with E-state index < -0.39 is 6.10 Å². The summed E-state index contributed by atoms with van der Waals surface area (Å²) in [4.78, 5) is 14.5. The minimum Gasteiger partial charge on any atom is -0.391 e. The summed E-state index contributed by atoms with van der Waals surface area (Å²) in [7, 11) is 1.78. The highest BCUT2D eigenvalue weighted by atomic mass is 16.5. The van der Waals surface area contributed by atoms with Crippen LogP contribution in [0.3, 0.4) is 0 Å². The maximum Gasteiger partial charge on any atom is 0.272 e. The van der Waals surface area contributed by atoms with Gasteiger partial charge in [-0.05, 0) is 18.9 Å². The van der Waals surface area contributed by atoms with Crippen molar-refractivity contribution in [2.45, 2.75) is 39.2 Å². The Hall–Kier alpha value is -2.15. The lowest BCUT2D eigenvalue weighted by molar-refractivity contribution is 0.0754. The third kappa shape index (κ3) is 3.21. The molecule has 3 rings (SSSR count). The lowest BCUT2D eigenvalue weighted by atomic mass is 10.0. The van der Waals surface area contributed by atoms with E-state index in [4.69, 9.17) is 4.52 Å². The highest BCUT2D eigenvalue weighted by Gasteiger charge is 2.36. The number of aromatic nitrogens is 3. The molecule has 0 spiro atoms. The molecule has 24 heavy (non-hydrogen) atoms. The number of aryl methyl sites for hydroxylation is 2. The van der Waals surface area contributed by atoms with Crippen LogP contribution in [0.5, 0.6) is 0 Å². The van der Waals surface area contributed by atoms with Gasteiger partial charge in [-0.15, -0.1) is 0 Å². The lowest BCUT2D eigenvalue weighted by Gasteiger charge is -2.15. The molecule has 2 atom stereocenters. The predicted octanol–water partition coefficient (Wildman–Crippen LogP) is 1.52. The molecule has 2 aromatic heterocycles. The number of amides is 1. The van der Waals surface area contributed by atoms with Gasteiger partial charge < -0.3 is 14.5 Å². The summed E-state index contributed by atoms with van der Waals surface area (Å²) < 4.78 is 6.85.